The number of nitrogens with one attached hydrogen (secondary N) is 2. The smallest absolute Gasteiger partial charge is 0.0376 e. The summed E-state index contributed by atoms with van der Waals surface area (Å²) in [5, 5.41) is 7.30. The fourth-order valence-corrected chi connectivity index (χ4v) is 3.24. The molecule has 0 bridgehead atoms. The van der Waals surface area contributed by atoms with Crippen LogP contribution in [0.25, 0.3) is 0 Å². The van der Waals surface area contributed by atoms with Crippen LogP contribution in [0.5, 0.6) is 0 Å². The van der Waals surface area contributed by atoms with Crippen molar-refractivity contribution in [3.05, 3.63) is 29.8 Å². The van der Waals surface area contributed by atoms with Gasteiger partial charge < -0.3 is 10.6 Å². The lowest BCUT2D eigenvalue weighted by atomic mass is 9.97. The van der Waals surface area contributed by atoms with Gasteiger partial charge in [0, 0.05) is 30.2 Å². The van der Waals surface area contributed by atoms with E-state index in [4.69, 9.17) is 0 Å². The van der Waals surface area contributed by atoms with Gasteiger partial charge in [-0.25, -0.2) is 0 Å². The molecule has 1 heterocycles. The van der Waals surface area contributed by atoms with Gasteiger partial charge >= 0.3 is 0 Å². The molecule has 2 heteroatoms. The van der Waals surface area contributed by atoms with Crippen molar-refractivity contribution in [2.45, 2.75) is 44.1 Å². The molecule has 1 aliphatic heterocycles. The van der Waals surface area contributed by atoms with Gasteiger partial charge in [-0.1, -0.05) is 31.0 Å². The largest absolute Gasteiger partial charge is 0.384 e. The predicted molar refractivity (Wildman–Crippen MR) is 72.5 cm³/mol. The van der Waals surface area contributed by atoms with E-state index in [1.165, 1.54) is 36.9 Å². The van der Waals surface area contributed by atoms with Gasteiger partial charge in [0.05, 0.1) is 0 Å². The van der Waals surface area contributed by atoms with E-state index in [0.29, 0.717) is 11.5 Å². The summed E-state index contributed by atoms with van der Waals surface area (Å²) in [6, 6.07) is 8.71. The maximum Gasteiger partial charge on any atom is 0.0376 e. The van der Waals surface area contributed by atoms with Crippen LogP contribution in [0.2, 0.25) is 0 Å². The van der Waals surface area contributed by atoms with Gasteiger partial charge in [-0.3, -0.25) is 0 Å². The van der Waals surface area contributed by atoms with Gasteiger partial charge in [0.2, 0.25) is 0 Å². The van der Waals surface area contributed by atoms with E-state index in [1.807, 2.05) is 0 Å². The Kier molecular flexibility index (Phi) is 2.83. The van der Waals surface area contributed by atoms with Gasteiger partial charge in [0.25, 0.3) is 0 Å². The van der Waals surface area contributed by atoms with E-state index in [-0.39, 0.29) is 0 Å². The summed E-state index contributed by atoms with van der Waals surface area (Å²) in [5.41, 5.74) is 3.22. The van der Waals surface area contributed by atoms with Crippen LogP contribution in [0.4, 0.5) is 5.69 Å². The Bertz CT molecular complexity index is 394. The third kappa shape index (κ3) is 2.19. The topological polar surface area (TPSA) is 24.1 Å². The number of para-hydroxylation sites is 1. The molecule has 3 rings (SSSR count). The Labute approximate surface area is 104 Å². The minimum Gasteiger partial charge on any atom is -0.384 e. The SMILES string of the molecule is CC1(NCC2CNc3ccccc32)CCCC1. The predicted octanol–water partition coefficient (Wildman–Crippen LogP) is 3.12. The fraction of sp³-hybridized carbons (Fsp3) is 0.600. The maximum atomic E-state index is 3.80. The van der Waals surface area contributed by atoms with Gasteiger partial charge in [-0.05, 0) is 31.4 Å². The van der Waals surface area contributed by atoms with Crippen LogP contribution < -0.4 is 10.6 Å². The molecule has 0 aromatic heterocycles. The molecule has 2 nitrogen and oxygen atoms in total. The van der Waals surface area contributed by atoms with Crippen LogP contribution >= 0.6 is 0 Å². The minimum absolute atomic E-state index is 0.400. The Balaban J connectivity index is 1.64. The monoisotopic (exact) mass is 230 g/mol. The Morgan fingerprint density at radius 3 is 2.88 bits per heavy atom. The molecular weight excluding hydrogens is 208 g/mol. The molecule has 2 N–H and O–H groups in total. The zero-order valence-electron chi connectivity index (χ0n) is 10.6. The Morgan fingerprint density at radius 2 is 2.06 bits per heavy atom. The van der Waals surface area contributed by atoms with Crippen LogP contribution in [0.1, 0.15) is 44.1 Å². The molecule has 1 fully saturated rings. The first-order valence-corrected chi connectivity index (χ1v) is 6.85. The summed E-state index contributed by atoms with van der Waals surface area (Å²) < 4.78 is 0. The molecule has 1 unspecified atom stereocenters. The Hall–Kier alpha value is -1.02. The minimum atomic E-state index is 0.400. The fourth-order valence-electron chi connectivity index (χ4n) is 3.24. The quantitative estimate of drug-likeness (QED) is 0.833. The van der Waals surface area contributed by atoms with Crippen molar-refractivity contribution in [3.63, 3.8) is 0 Å². The first kappa shape index (κ1) is 11.1. The Morgan fingerprint density at radius 1 is 1.29 bits per heavy atom. The highest BCUT2D eigenvalue weighted by atomic mass is 15.0. The molecule has 2 aliphatic rings. The zero-order valence-corrected chi connectivity index (χ0v) is 10.6. The van der Waals surface area contributed by atoms with Crippen molar-refractivity contribution in [2.75, 3.05) is 18.4 Å². The van der Waals surface area contributed by atoms with E-state index in [0.717, 1.165) is 13.1 Å². The molecule has 1 aromatic carbocycles. The van der Waals surface area contributed by atoms with E-state index in [2.05, 4.69) is 41.8 Å². The number of rotatable bonds is 3. The molecule has 0 saturated heterocycles. The lowest BCUT2D eigenvalue weighted by Gasteiger charge is -2.27. The molecule has 1 aromatic rings. The molecule has 0 radical (unpaired) electrons. The summed E-state index contributed by atoms with van der Waals surface area (Å²) in [5.74, 6) is 0.642. The molecule has 0 spiro atoms. The highest BCUT2D eigenvalue weighted by molar-refractivity contribution is 5.57. The highest BCUT2D eigenvalue weighted by Crippen LogP contribution is 2.33. The second-order valence-corrected chi connectivity index (χ2v) is 5.81. The van der Waals surface area contributed by atoms with E-state index in [9.17, 15) is 0 Å². The van der Waals surface area contributed by atoms with Crippen LogP contribution in [0, 0.1) is 0 Å². The second kappa shape index (κ2) is 4.34. The molecule has 92 valence electrons. The van der Waals surface area contributed by atoms with Crippen molar-refractivity contribution in [3.8, 4) is 0 Å². The third-order valence-electron chi connectivity index (χ3n) is 4.42. The first-order chi connectivity index (χ1) is 8.27. The number of hydrogen-bond donors (Lipinski definition) is 2. The van der Waals surface area contributed by atoms with Crippen LogP contribution in [-0.4, -0.2) is 18.6 Å². The molecular formula is C15H22N2. The summed E-state index contributed by atoms with van der Waals surface area (Å²) in [4.78, 5) is 0. The number of anilines is 1. The average molecular weight is 230 g/mol. The van der Waals surface area contributed by atoms with Gasteiger partial charge in [-0.15, -0.1) is 0 Å². The van der Waals surface area contributed by atoms with Crippen molar-refractivity contribution in [2.24, 2.45) is 0 Å². The summed E-state index contributed by atoms with van der Waals surface area (Å²) in [6.45, 7) is 4.58. The van der Waals surface area contributed by atoms with Crippen molar-refractivity contribution in [1.82, 2.24) is 5.32 Å². The maximum absolute atomic E-state index is 3.80. The first-order valence-electron chi connectivity index (χ1n) is 6.85. The molecule has 1 aliphatic carbocycles. The molecule has 17 heavy (non-hydrogen) atoms. The van der Waals surface area contributed by atoms with Gasteiger partial charge in [0.1, 0.15) is 0 Å². The summed E-state index contributed by atoms with van der Waals surface area (Å²) in [7, 11) is 0. The third-order valence-corrected chi connectivity index (χ3v) is 4.42. The van der Waals surface area contributed by atoms with Crippen LogP contribution in [0.15, 0.2) is 24.3 Å². The number of benzene rings is 1. The standard InChI is InChI=1S/C15H22N2/c1-15(8-4-5-9-15)17-11-12-10-16-14-7-3-2-6-13(12)14/h2-3,6-7,12,16-17H,4-5,8-11H2,1H3. The summed E-state index contributed by atoms with van der Waals surface area (Å²) in [6.07, 6.45) is 5.47. The van der Waals surface area contributed by atoms with Crippen molar-refractivity contribution < 1.29 is 0 Å². The number of hydrogen-bond acceptors (Lipinski definition) is 2. The van der Waals surface area contributed by atoms with Crippen molar-refractivity contribution >= 4 is 5.69 Å². The van der Waals surface area contributed by atoms with Crippen molar-refractivity contribution in [1.29, 1.82) is 0 Å². The van der Waals surface area contributed by atoms with Crippen LogP contribution in [0.3, 0.4) is 0 Å². The van der Waals surface area contributed by atoms with E-state index in [1.54, 1.807) is 0 Å². The zero-order chi connectivity index (χ0) is 11.7. The molecule has 1 atom stereocenters. The van der Waals surface area contributed by atoms with Gasteiger partial charge in [0.15, 0.2) is 0 Å². The second-order valence-electron chi connectivity index (χ2n) is 5.81. The summed E-state index contributed by atoms with van der Waals surface area (Å²) >= 11 is 0. The molecule has 1 saturated carbocycles. The van der Waals surface area contributed by atoms with E-state index < -0.39 is 0 Å². The average Bonchev–Trinajstić information content (AvgIpc) is 2.94. The van der Waals surface area contributed by atoms with E-state index >= 15 is 0 Å². The lowest BCUT2D eigenvalue weighted by Crippen LogP contribution is -2.42. The lowest BCUT2D eigenvalue weighted by molar-refractivity contribution is 0.356. The van der Waals surface area contributed by atoms with Crippen LogP contribution in [-0.2, 0) is 0 Å². The number of fused-ring (bicyclic) bond motifs is 1. The molecule has 0 amide bonds. The normalized spacial score (nSPS) is 25.6. The highest BCUT2D eigenvalue weighted by Gasteiger charge is 2.30. The van der Waals surface area contributed by atoms with Gasteiger partial charge in [-0.2, -0.15) is 0 Å².